The first-order valence-corrected chi connectivity index (χ1v) is 6.14. The van der Waals surface area contributed by atoms with Gasteiger partial charge in [0.15, 0.2) is 11.5 Å². The predicted molar refractivity (Wildman–Crippen MR) is 67.5 cm³/mol. The van der Waals surface area contributed by atoms with Gasteiger partial charge < -0.3 is 25.8 Å². The minimum absolute atomic E-state index is 0.153. The van der Waals surface area contributed by atoms with Gasteiger partial charge in [-0.05, 0) is 0 Å². The summed E-state index contributed by atoms with van der Waals surface area (Å²) < 4.78 is 6.59. The Balaban J connectivity index is 2.13. The van der Waals surface area contributed by atoms with Crippen LogP contribution in [0.2, 0.25) is 0 Å². The molecule has 4 atom stereocenters. The molecule has 0 spiro atoms. The zero-order chi connectivity index (χ0) is 14.5. The minimum atomic E-state index is -1.83. The van der Waals surface area contributed by atoms with E-state index in [2.05, 4.69) is 15.0 Å². The molecule has 20 heavy (non-hydrogen) atoms. The Morgan fingerprint density at radius 1 is 1.40 bits per heavy atom. The minimum Gasteiger partial charge on any atom is -0.394 e. The number of fused-ring (bicyclic) bond motifs is 1. The van der Waals surface area contributed by atoms with Crippen molar-refractivity contribution in [2.24, 2.45) is 0 Å². The quantitative estimate of drug-likeness (QED) is 0.485. The second-order valence-electron chi connectivity index (χ2n) is 4.43. The number of hydrogen-bond acceptors (Lipinski definition) is 8. The summed E-state index contributed by atoms with van der Waals surface area (Å²) in [6, 6.07) is 0. The van der Waals surface area contributed by atoms with Crippen LogP contribution in [0.4, 0.5) is 5.82 Å². The highest BCUT2D eigenvalue weighted by molar-refractivity contribution is 6.22. The van der Waals surface area contributed by atoms with E-state index in [0.29, 0.717) is 5.52 Å². The first-order chi connectivity index (χ1) is 9.49. The molecule has 3 heterocycles. The summed E-state index contributed by atoms with van der Waals surface area (Å²) in [6.45, 7) is -0.490. The van der Waals surface area contributed by atoms with Crippen LogP contribution in [-0.2, 0) is 9.92 Å². The number of hydrogen-bond donors (Lipinski definition) is 4. The van der Waals surface area contributed by atoms with Crippen molar-refractivity contribution in [1.29, 1.82) is 0 Å². The number of aliphatic hydroxyl groups excluding tert-OH is 3. The lowest BCUT2D eigenvalue weighted by atomic mass is 10.1. The molecule has 0 aliphatic carbocycles. The molecule has 108 valence electrons. The van der Waals surface area contributed by atoms with E-state index in [1.54, 1.807) is 0 Å². The Bertz CT molecular complexity index is 652. The maximum absolute atomic E-state index is 10.1. The van der Waals surface area contributed by atoms with Gasteiger partial charge in [-0.15, -0.1) is 0 Å². The molecule has 2 aromatic heterocycles. The average molecular weight is 302 g/mol. The summed E-state index contributed by atoms with van der Waals surface area (Å²) in [6.07, 6.45) is -1.33. The summed E-state index contributed by atoms with van der Waals surface area (Å²) in [4.78, 5) is 11.8. The molecule has 10 heteroatoms. The molecular formula is C10H12ClN5O4. The fourth-order valence-corrected chi connectivity index (χ4v) is 2.55. The zero-order valence-corrected chi connectivity index (χ0v) is 10.8. The van der Waals surface area contributed by atoms with Gasteiger partial charge in [0.05, 0.1) is 6.61 Å². The van der Waals surface area contributed by atoms with E-state index >= 15 is 0 Å². The van der Waals surface area contributed by atoms with E-state index in [4.69, 9.17) is 27.2 Å². The number of nitrogens with zero attached hydrogens (tertiary/aromatic N) is 4. The van der Waals surface area contributed by atoms with Crippen molar-refractivity contribution >= 4 is 28.6 Å². The highest BCUT2D eigenvalue weighted by Crippen LogP contribution is 2.40. The molecule has 0 bridgehead atoms. The van der Waals surface area contributed by atoms with Crippen LogP contribution < -0.4 is 5.73 Å². The number of aromatic nitrogens is 4. The predicted octanol–water partition coefficient (Wildman–Crippen LogP) is -1.63. The average Bonchev–Trinajstić information content (AvgIpc) is 2.96. The summed E-state index contributed by atoms with van der Waals surface area (Å²) >= 11 is 6.27. The van der Waals surface area contributed by atoms with Gasteiger partial charge in [-0.3, -0.25) is 4.57 Å². The monoisotopic (exact) mass is 301 g/mol. The largest absolute Gasteiger partial charge is 0.394 e. The molecule has 0 radical (unpaired) electrons. The zero-order valence-electron chi connectivity index (χ0n) is 10.1. The number of nitrogen functional groups attached to an aromatic ring is 1. The Morgan fingerprint density at radius 2 is 2.15 bits per heavy atom. The summed E-state index contributed by atoms with van der Waals surface area (Å²) in [5.41, 5.74) is 6.21. The molecule has 0 aromatic carbocycles. The molecule has 0 amide bonds. The normalized spacial score (nSPS) is 33.9. The lowest BCUT2D eigenvalue weighted by Crippen LogP contribution is -2.41. The Hall–Kier alpha value is -1.52. The van der Waals surface area contributed by atoms with Gasteiger partial charge in [0.2, 0.25) is 0 Å². The molecule has 2 aromatic rings. The van der Waals surface area contributed by atoms with E-state index in [1.165, 1.54) is 17.2 Å². The molecule has 1 saturated heterocycles. The molecular weight excluding hydrogens is 290 g/mol. The van der Waals surface area contributed by atoms with Crippen LogP contribution in [0.3, 0.4) is 0 Å². The van der Waals surface area contributed by atoms with Crippen LogP contribution in [0, 0.1) is 0 Å². The highest BCUT2D eigenvalue weighted by Gasteiger charge is 2.55. The molecule has 1 fully saturated rings. The van der Waals surface area contributed by atoms with Gasteiger partial charge in [0, 0.05) is 0 Å². The van der Waals surface area contributed by atoms with Crippen molar-refractivity contribution in [1.82, 2.24) is 19.5 Å². The second-order valence-corrected chi connectivity index (χ2v) is 4.97. The van der Waals surface area contributed by atoms with Gasteiger partial charge >= 0.3 is 0 Å². The van der Waals surface area contributed by atoms with Gasteiger partial charge in [0.25, 0.3) is 5.18 Å². The van der Waals surface area contributed by atoms with E-state index in [-0.39, 0.29) is 11.5 Å². The van der Waals surface area contributed by atoms with Crippen molar-refractivity contribution < 1.29 is 20.1 Å². The van der Waals surface area contributed by atoms with Crippen molar-refractivity contribution in [3.05, 3.63) is 12.7 Å². The van der Waals surface area contributed by atoms with Crippen molar-refractivity contribution in [2.75, 3.05) is 12.3 Å². The van der Waals surface area contributed by atoms with E-state index in [0.717, 1.165) is 0 Å². The SMILES string of the molecule is Nc1ncnc2c1ncn2[C@]1(Cl)O[C@H](CO)[C@@H](O)[C@H]1O. The number of anilines is 1. The number of imidazole rings is 1. The number of alkyl halides is 1. The van der Waals surface area contributed by atoms with Crippen LogP contribution in [0.1, 0.15) is 0 Å². The van der Waals surface area contributed by atoms with Crippen LogP contribution >= 0.6 is 11.6 Å². The summed E-state index contributed by atoms with van der Waals surface area (Å²) in [7, 11) is 0. The molecule has 1 aliphatic heterocycles. The summed E-state index contributed by atoms with van der Waals surface area (Å²) in [5, 5.41) is 27.2. The standard InChI is InChI=1S/C10H12ClN5O4/c11-10(7(19)6(18)4(1-17)20-10)16-3-15-5-8(12)13-2-14-9(5)16/h2-4,6-7,17-19H,1H2,(H2,12,13,14)/t4-,6-,7-,10+/m1/s1. The lowest BCUT2D eigenvalue weighted by Gasteiger charge is -2.26. The van der Waals surface area contributed by atoms with E-state index < -0.39 is 30.1 Å². The van der Waals surface area contributed by atoms with Gasteiger partial charge in [-0.25, -0.2) is 15.0 Å². The first kappa shape index (κ1) is 13.5. The van der Waals surface area contributed by atoms with E-state index in [1.807, 2.05) is 0 Å². The fourth-order valence-electron chi connectivity index (χ4n) is 2.19. The number of halogens is 1. The lowest BCUT2D eigenvalue weighted by molar-refractivity contribution is -0.0838. The third-order valence-corrected chi connectivity index (χ3v) is 3.75. The van der Waals surface area contributed by atoms with Crippen molar-refractivity contribution in [3.63, 3.8) is 0 Å². The number of aliphatic hydroxyl groups is 3. The molecule has 1 aliphatic rings. The van der Waals surface area contributed by atoms with Gasteiger partial charge in [-0.1, -0.05) is 11.6 Å². The Labute approximate surface area is 117 Å². The van der Waals surface area contributed by atoms with Crippen molar-refractivity contribution in [3.8, 4) is 0 Å². The first-order valence-electron chi connectivity index (χ1n) is 5.76. The molecule has 0 saturated carbocycles. The Kier molecular flexibility index (Phi) is 3.03. The number of rotatable bonds is 2. The van der Waals surface area contributed by atoms with Crippen LogP contribution in [-0.4, -0.2) is 59.8 Å². The third-order valence-electron chi connectivity index (χ3n) is 3.26. The molecule has 9 nitrogen and oxygen atoms in total. The van der Waals surface area contributed by atoms with Crippen LogP contribution in [0.25, 0.3) is 11.2 Å². The highest BCUT2D eigenvalue weighted by atomic mass is 35.5. The topological polar surface area (TPSA) is 140 Å². The Morgan fingerprint density at radius 3 is 2.80 bits per heavy atom. The summed E-state index contributed by atoms with van der Waals surface area (Å²) in [5.74, 6) is 0.153. The van der Waals surface area contributed by atoms with Gasteiger partial charge in [0.1, 0.15) is 36.5 Å². The van der Waals surface area contributed by atoms with Crippen LogP contribution in [0.5, 0.6) is 0 Å². The molecule has 5 N–H and O–H groups in total. The smallest absolute Gasteiger partial charge is 0.255 e. The molecule has 0 unspecified atom stereocenters. The van der Waals surface area contributed by atoms with Gasteiger partial charge in [-0.2, -0.15) is 0 Å². The number of nitrogens with two attached hydrogens (primary N) is 1. The molecule has 3 rings (SSSR count). The maximum atomic E-state index is 10.1. The maximum Gasteiger partial charge on any atom is 0.255 e. The van der Waals surface area contributed by atoms with Crippen molar-refractivity contribution in [2.45, 2.75) is 23.5 Å². The van der Waals surface area contributed by atoms with E-state index in [9.17, 15) is 10.2 Å². The third kappa shape index (κ3) is 1.68. The fraction of sp³-hybridized carbons (Fsp3) is 0.500. The number of ether oxygens (including phenoxy) is 1. The van der Waals surface area contributed by atoms with Crippen LogP contribution in [0.15, 0.2) is 12.7 Å². The second kappa shape index (κ2) is 4.50.